The Bertz CT molecular complexity index is 999. The number of hydrogen-bond donors (Lipinski definition) is 0. The summed E-state index contributed by atoms with van der Waals surface area (Å²) < 4.78 is 15.9. The van der Waals surface area contributed by atoms with Crippen LogP contribution in [0.5, 0.6) is 11.5 Å². The van der Waals surface area contributed by atoms with Crippen molar-refractivity contribution < 1.29 is 28.3 Å². The lowest BCUT2D eigenvalue weighted by Gasteiger charge is -2.35. The summed E-state index contributed by atoms with van der Waals surface area (Å²) in [7, 11) is 0. The predicted molar refractivity (Wildman–Crippen MR) is 108 cm³/mol. The summed E-state index contributed by atoms with van der Waals surface area (Å²) in [5.41, 5.74) is 0.717. The van der Waals surface area contributed by atoms with E-state index in [1.807, 2.05) is 6.07 Å². The Morgan fingerprint density at radius 2 is 1.68 bits per heavy atom. The fourth-order valence-electron chi connectivity index (χ4n) is 4.00. The van der Waals surface area contributed by atoms with Crippen LogP contribution in [0, 0.1) is 0 Å². The van der Waals surface area contributed by atoms with E-state index in [4.69, 9.17) is 13.9 Å². The van der Waals surface area contributed by atoms with Crippen LogP contribution < -0.4 is 14.4 Å². The number of anilines is 1. The summed E-state index contributed by atoms with van der Waals surface area (Å²) in [4.78, 5) is 44.5. The average Bonchev–Trinajstić information content (AvgIpc) is 3.55. The van der Waals surface area contributed by atoms with Gasteiger partial charge in [-0.1, -0.05) is 0 Å². The van der Waals surface area contributed by atoms with Crippen LogP contribution in [-0.2, 0) is 4.79 Å². The molecule has 2 aromatic rings. The highest BCUT2D eigenvalue weighted by Crippen LogP contribution is 2.36. The van der Waals surface area contributed by atoms with Crippen molar-refractivity contribution >= 4 is 23.5 Å². The number of urea groups is 1. The minimum atomic E-state index is -0.209. The second-order valence-electron chi connectivity index (χ2n) is 7.54. The normalized spacial score (nSPS) is 18.1. The molecule has 0 N–H and O–H groups in total. The maximum Gasteiger partial charge on any atom is 0.325 e. The Labute approximate surface area is 178 Å². The second-order valence-corrected chi connectivity index (χ2v) is 7.54. The number of benzene rings is 1. The minimum Gasteiger partial charge on any atom is -0.459 e. The molecule has 2 fully saturated rings. The van der Waals surface area contributed by atoms with Gasteiger partial charge in [0.15, 0.2) is 17.3 Å². The summed E-state index contributed by atoms with van der Waals surface area (Å²) >= 11 is 0. The number of rotatable bonds is 4. The number of piperazine rings is 1. The molecule has 162 valence electrons. The zero-order chi connectivity index (χ0) is 21.4. The first-order valence-corrected chi connectivity index (χ1v) is 10.2. The van der Waals surface area contributed by atoms with Gasteiger partial charge in [-0.3, -0.25) is 14.5 Å². The zero-order valence-electron chi connectivity index (χ0n) is 16.9. The number of hydrogen-bond acceptors (Lipinski definition) is 6. The molecule has 4 heterocycles. The third kappa shape index (κ3) is 3.65. The van der Waals surface area contributed by atoms with Crippen molar-refractivity contribution in [3.05, 3.63) is 42.4 Å². The fraction of sp³-hybridized carbons (Fsp3) is 0.381. The SMILES string of the molecule is O=C(CN1CCN(c2ccc3c(c2)OCO3)C1=O)N1CCN(C(=O)c2ccco2)CC1. The molecule has 0 unspecified atom stereocenters. The molecular formula is C21H22N4O6. The fourth-order valence-corrected chi connectivity index (χ4v) is 4.00. The molecule has 1 aromatic carbocycles. The number of carbonyl (C=O) groups is 3. The molecule has 0 atom stereocenters. The van der Waals surface area contributed by atoms with Crippen LogP contribution in [0.15, 0.2) is 41.0 Å². The van der Waals surface area contributed by atoms with Crippen LogP contribution in [-0.4, -0.2) is 85.2 Å². The summed E-state index contributed by atoms with van der Waals surface area (Å²) in [6, 6.07) is 8.46. The van der Waals surface area contributed by atoms with Crippen LogP contribution in [0.2, 0.25) is 0 Å². The molecule has 0 spiro atoms. The van der Waals surface area contributed by atoms with Gasteiger partial charge < -0.3 is 28.6 Å². The smallest absolute Gasteiger partial charge is 0.325 e. The largest absolute Gasteiger partial charge is 0.459 e. The molecule has 31 heavy (non-hydrogen) atoms. The molecule has 3 aliphatic heterocycles. The van der Waals surface area contributed by atoms with Crippen molar-refractivity contribution in [3.63, 3.8) is 0 Å². The molecule has 10 heteroatoms. The molecule has 3 aliphatic rings. The van der Waals surface area contributed by atoms with Crippen molar-refractivity contribution in [2.24, 2.45) is 0 Å². The van der Waals surface area contributed by atoms with E-state index in [9.17, 15) is 14.4 Å². The first kappa shape index (κ1) is 19.3. The van der Waals surface area contributed by atoms with E-state index in [1.165, 1.54) is 6.26 Å². The van der Waals surface area contributed by atoms with Gasteiger partial charge in [-0.2, -0.15) is 0 Å². The molecule has 10 nitrogen and oxygen atoms in total. The van der Waals surface area contributed by atoms with Gasteiger partial charge in [0.25, 0.3) is 5.91 Å². The van der Waals surface area contributed by atoms with Gasteiger partial charge in [0, 0.05) is 51.0 Å². The molecule has 4 amide bonds. The summed E-state index contributed by atoms with van der Waals surface area (Å²) in [6.45, 7) is 2.89. The third-order valence-corrected chi connectivity index (χ3v) is 5.74. The number of fused-ring (bicyclic) bond motifs is 1. The third-order valence-electron chi connectivity index (χ3n) is 5.74. The maximum atomic E-state index is 12.8. The maximum absolute atomic E-state index is 12.8. The van der Waals surface area contributed by atoms with Gasteiger partial charge in [0.05, 0.1) is 6.26 Å². The van der Waals surface area contributed by atoms with E-state index in [0.29, 0.717) is 62.2 Å². The van der Waals surface area contributed by atoms with E-state index < -0.39 is 0 Å². The molecule has 2 saturated heterocycles. The van der Waals surface area contributed by atoms with Crippen LogP contribution in [0.3, 0.4) is 0 Å². The Balaban J connectivity index is 1.15. The Morgan fingerprint density at radius 1 is 0.903 bits per heavy atom. The molecule has 1 aromatic heterocycles. The monoisotopic (exact) mass is 426 g/mol. The summed E-state index contributed by atoms with van der Waals surface area (Å²) in [5, 5.41) is 0. The van der Waals surface area contributed by atoms with Gasteiger partial charge in [-0.15, -0.1) is 0 Å². The lowest BCUT2D eigenvalue weighted by atomic mass is 10.2. The van der Waals surface area contributed by atoms with Gasteiger partial charge in [-0.05, 0) is 24.3 Å². The average molecular weight is 426 g/mol. The minimum absolute atomic E-state index is 0.0199. The van der Waals surface area contributed by atoms with E-state index in [-0.39, 0.29) is 31.2 Å². The van der Waals surface area contributed by atoms with Crippen molar-refractivity contribution in [2.75, 3.05) is 57.5 Å². The van der Waals surface area contributed by atoms with Crippen molar-refractivity contribution in [1.82, 2.24) is 14.7 Å². The Kier molecular flexibility index (Phi) is 4.89. The second kappa shape index (κ2) is 7.86. The molecular weight excluding hydrogens is 404 g/mol. The van der Waals surface area contributed by atoms with E-state index in [0.717, 1.165) is 0 Å². The molecule has 0 saturated carbocycles. The van der Waals surface area contributed by atoms with Crippen LogP contribution in [0.1, 0.15) is 10.6 Å². The molecule has 0 bridgehead atoms. The van der Waals surface area contributed by atoms with Crippen molar-refractivity contribution in [1.29, 1.82) is 0 Å². The highest BCUT2D eigenvalue weighted by Gasteiger charge is 2.34. The summed E-state index contributed by atoms with van der Waals surface area (Å²) in [6.07, 6.45) is 1.47. The van der Waals surface area contributed by atoms with E-state index in [1.54, 1.807) is 43.9 Å². The lowest BCUT2D eigenvalue weighted by molar-refractivity contribution is -0.133. The zero-order valence-corrected chi connectivity index (χ0v) is 16.9. The number of amides is 4. The van der Waals surface area contributed by atoms with Gasteiger partial charge >= 0.3 is 6.03 Å². The van der Waals surface area contributed by atoms with Gasteiger partial charge in [0.1, 0.15) is 6.54 Å². The lowest BCUT2D eigenvalue weighted by Crippen LogP contribution is -2.52. The molecule has 0 aliphatic carbocycles. The number of nitrogens with zero attached hydrogens (tertiary/aromatic N) is 4. The molecule has 0 radical (unpaired) electrons. The van der Waals surface area contributed by atoms with Crippen LogP contribution in [0.25, 0.3) is 0 Å². The van der Waals surface area contributed by atoms with Crippen molar-refractivity contribution in [2.45, 2.75) is 0 Å². The number of furan rings is 1. The Hall–Kier alpha value is -3.69. The summed E-state index contributed by atoms with van der Waals surface area (Å²) in [5.74, 6) is 1.28. The predicted octanol–water partition coefficient (Wildman–Crippen LogP) is 1.23. The quantitative estimate of drug-likeness (QED) is 0.730. The Morgan fingerprint density at radius 3 is 2.45 bits per heavy atom. The molecule has 5 rings (SSSR count). The number of ether oxygens (including phenoxy) is 2. The van der Waals surface area contributed by atoms with Gasteiger partial charge in [-0.25, -0.2) is 4.79 Å². The highest BCUT2D eigenvalue weighted by molar-refractivity contribution is 5.97. The van der Waals surface area contributed by atoms with E-state index >= 15 is 0 Å². The van der Waals surface area contributed by atoms with Crippen LogP contribution >= 0.6 is 0 Å². The highest BCUT2D eigenvalue weighted by atomic mass is 16.7. The first-order chi connectivity index (χ1) is 15.1. The van der Waals surface area contributed by atoms with Crippen LogP contribution in [0.4, 0.5) is 10.5 Å². The standard InChI is InChI=1S/C21H22N4O6/c26-19(22-5-7-23(8-6-22)20(27)17-2-1-11-29-17)13-24-9-10-25(21(24)28)15-3-4-16-18(12-15)31-14-30-16/h1-4,11-12H,5-10,13-14H2. The number of carbonyl (C=O) groups excluding carboxylic acids is 3. The topological polar surface area (TPSA) is 95.8 Å². The first-order valence-electron chi connectivity index (χ1n) is 10.2. The van der Waals surface area contributed by atoms with E-state index in [2.05, 4.69) is 0 Å². The van der Waals surface area contributed by atoms with Crippen molar-refractivity contribution in [3.8, 4) is 11.5 Å². The van der Waals surface area contributed by atoms with Gasteiger partial charge in [0.2, 0.25) is 12.7 Å².